The lowest BCUT2D eigenvalue weighted by molar-refractivity contribution is 0.623. The second-order valence-corrected chi connectivity index (χ2v) is 4.76. The molecule has 0 spiro atoms. The van der Waals surface area contributed by atoms with Crippen LogP contribution in [-0.2, 0) is 0 Å². The van der Waals surface area contributed by atoms with E-state index in [1.54, 1.807) is 6.07 Å². The van der Waals surface area contributed by atoms with Crippen LogP contribution in [0.3, 0.4) is 0 Å². The van der Waals surface area contributed by atoms with Crippen LogP contribution in [0, 0.1) is 5.82 Å². The Morgan fingerprint density at radius 1 is 1.15 bits per heavy atom. The highest BCUT2D eigenvalue weighted by Gasteiger charge is 2.07. The SMILES string of the molecule is CCCNc1cccc(NC(C)c2cccc(F)c2)n1. The summed E-state index contributed by atoms with van der Waals surface area (Å²) in [5.74, 6) is 1.41. The van der Waals surface area contributed by atoms with E-state index in [1.807, 2.05) is 31.2 Å². The van der Waals surface area contributed by atoms with Gasteiger partial charge < -0.3 is 10.6 Å². The van der Waals surface area contributed by atoms with E-state index in [9.17, 15) is 4.39 Å². The first-order valence-electron chi connectivity index (χ1n) is 6.92. The summed E-state index contributed by atoms with van der Waals surface area (Å²) in [5, 5.41) is 6.53. The summed E-state index contributed by atoms with van der Waals surface area (Å²) in [6.07, 6.45) is 1.05. The Morgan fingerprint density at radius 3 is 2.65 bits per heavy atom. The van der Waals surface area contributed by atoms with E-state index in [4.69, 9.17) is 0 Å². The second kappa shape index (κ2) is 6.89. The van der Waals surface area contributed by atoms with Gasteiger partial charge in [-0.2, -0.15) is 0 Å². The van der Waals surface area contributed by atoms with Crippen LogP contribution in [0.4, 0.5) is 16.0 Å². The van der Waals surface area contributed by atoms with Crippen LogP contribution >= 0.6 is 0 Å². The van der Waals surface area contributed by atoms with Crippen molar-refractivity contribution in [3.63, 3.8) is 0 Å². The number of hydrogen-bond acceptors (Lipinski definition) is 3. The van der Waals surface area contributed by atoms with Gasteiger partial charge in [0, 0.05) is 6.54 Å². The molecule has 3 nitrogen and oxygen atoms in total. The summed E-state index contributed by atoms with van der Waals surface area (Å²) in [6, 6.07) is 12.4. The molecule has 106 valence electrons. The van der Waals surface area contributed by atoms with Gasteiger partial charge in [-0.3, -0.25) is 0 Å². The fourth-order valence-electron chi connectivity index (χ4n) is 1.95. The highest BCUT2D eigenvalue weighted by molar-refractivity contribution is 5.46. The van der Waals surface area contributed by atoms with Crippen LogP contribution in [0.15, 0.2) is 42.5 Å². The molecule has 1 unspecified atom stereocenters. The van der Waals surface area contributed by atoms with Gasteiger partial charge in [-0.25, -0.2) is 9.37 Å². The maximum atomic E-state index is 13.2. The number of pyridine rings is 1. The fraction of sp³-hybridized carbons (Fsp3) is 0.312. The fourth-order valence-corrected chi connectivity index (χ4v) is 1.95. The molecule has 1 heterocycles. The van der Waals surface area contributed by atoms with Gasteiger partial charge in [0.25, 0.3) is 0 Å². The minimum Gasteiger partial charge on any atom is -0.370 e. The average molecular weight is 273 g/mol. The highest BCUT2D eigenvalue weighted by atomic mass is 19.1. The van der Waals surface area contributed by atoms with Crippen LogP contribution in [0.2, 0.25) is 0 Å². The third-order valence-corrected chi connectivity index (χ3v) is 3.02. The second-order valence-electron chi connectivity index (χ2n) is 4.76. The van der Waals surface area contributed by atoms with E-state index >= 15 is 0 Å². The van der Waals surface area contributed by atoms with Crippen LogP contribution in [-0.4, -0.2) is 11.5 Å². The third kappa shape index (κ3) is 3.95. The summed E-state index contributed by atoms with van der Waals surface area (Å²) >= 11 is 0. The Hall–Kier alpha value is -2.10. The molecule has 0 amide bonds. The number of hydrogen-bond donors (Lipinski definition) is 2. The standard InChI is InChI=1S/C16H20FN3/c1-3-10-18-15-8-5-9-16(20-15)19-12(2)13-6-4-7-14(17)11-13/h4-9,11-12H,3,10H2,1-2H3,(H2,18,19,20). The smallest absolute Gasteiger partial charge is 0.128 e. The predicted octanol–water partition coefficient (Wildman–Crippen LogP) is 4.22. The van der Waals surface area contributed by atoms with Gasteiger partial charge in [0.1, 0.15) is 17.5 Å². The zero-order valence-corrected chi connectivity index (χ0v) is 11.9. The Labute approximate surface area is 119 Å². The molecule has 1 aromatic heterocycles. The molecule has 0 aliphatic heterocycles. The van der Waals surface area contributed by atoms with Crippen LogP contribution in [0.1, 0.15) is 31.9 Å². The summed E-state index contributed by atoms with van der Waals surface area (Å²) in [6.45, 7) is 5.00. The maximum Gasteiger partial charge on any atom is 0.128 e. The lowest BCUT2D eigenvalue weighted by Gasteiger charge is -2.16. The molecule has 0 aliphatic rings. The van der Waals surface area contributed by atoms with Crippen molar-refractivity contribution < 1.29 is 4.39 Å². The van der Waals surface area contributed by atoms with E-state index in [1.165, 1.54) is 12.1 Å². The van der Waals surface area contributed by atoms with Crippen molar-refractivity contribution in [1.82, 2.24) is 4.98 Å². The largest absolute Gasteiger partial charge is 0.370 e. The lowest BCUT2D eigenvalue weighted by atomic mass is 10.1. The molecule has 0 aliphatic carbocycles. The third-order valence-electron chi connectivity index (χ3n) is 3.02. The van der Waals surface area contributed by atoms with Crippen molar-refractivity contribution in [3.05, 3.63) is 53.8 Å². The average Bonchev–Trinajstić information content (AvgIpc) is 2.45. The van der Waals surface area contributed by atoms with Gasteiger partial charge in [-0.05, 0) is 43.2 Å². The highest BCUT2D eigenvalue weighted by Crippen LogP contribution is 2.19. The van der Waals surface area contributed by atoms with Gasteiger partial charge in [0.2, 0.25) is 0 Å². The molecule has 0 fully saturated rings. The van der Waals surface area contributed by atoms with Crippen molar-refractivity contribution in [2.45, 2.75) is 26.3 Å². The van der Waals surface area contributed by atoms with Crippen LogP contribution in [0.25, 0.3) is 0 Å². The Kier molecular flexibility index (Phi) is 4.93. The van der Waals surface area contributed by atoms with Crippen LogP contribution < -0.4 is 10.6 Å². The normalized spacial score (nSPS) is 11.9. The van der Waals surface area contributed by atoms with Crippen molar-refractivity contribution in [1.29, 1.82) is 0 Å². The molecular formula is C16H20FN3. The van der Waals surface area contributed by atoms with Crippen LogP contribution in [0.5, 0.6) is 0 Å². The van der Waals surface area contributed by atoms with E-state index < -0.39 is 0 Å². The maximum absolute atomic E-state index is 13.2. The van der Waals surface area contributed by atoms with Gasteiger partial charge >= 0.3 is 0 Å². The van der Waals surface area contributed by atoms with E-state index in [0.717, 1.165) is 30.2 Å². The topological polar surface area (TPSA) is 37.0 Å². The molecule has 0 bridgehead atoms. The van der Waals surface area contributed by atoms with Gasteiger partial charge in [-0.15, -0.1) is 0 Å². The van der Waals surface area contributed by atoms with Crippen molar-refractivity contribution in [2.24, 2.45) is 0 Å². The summed E-state index contributed by atoms with van der Waals surface area (Å²) in [7, 11) is 0. The molecule has 1 aromatic carbocycles. The summed E-state index contributed by atoms with van der Waals surface area (Å²) in [4.78, 5) is 4.48. The Morgan fingerprint density at radius 2 is 1.90 bits per heavy atom. The van der Waals surface area contributed by atoms with Gasteiger partial charge in [-0.1, -0.05) is 25.1 Å². The van der Waals surface area contributed by atoms with Crippen molar-refractivity contribution >= 4 is 11.6 Å². The van der Waals surface area contributed by atoms with E-state index in [0.29, 0.717) is 0 Å². The molecule has 2 aromatic rings. The van der Waals surface area contributed by atoms with Gasteiger partial charge in [0.05, 0.1) is 6.04 Å². The molecule has 1 atom stereocenters. The number of aromatic nitrogens is 1. The molecule has 4 heteroatoms. The zero-order valence-electron chi connectivity index (χ0n) is 11.9. The minimum absolute atomic E-state index is 0.000347. The van der Waals surface area contributed by atoms with E-state index in [-0.39, 0.29) is 11.9 Å². The first-order chi connectivity index (χ1) is 9.69. The van der Waals surface area contributed by atoms with Gasteiger partial charge in [0.15, 0.2) is 0 Å². The number of benzene rings is 1. The summed E-state index contributed by atoms with van der Waals surface area (Å²) in [5.41, 5.74) is 0.902. The molecule has 0 radical (unpaired) electrons. The Balaban J connectivity index is 2.05. The monoisotopic (exact) mass is 273 g/mol. The molecule has 20 heavy (non-hydrogen) atoms. The summed E-state index contributed by atoms with van der Waals surface area (Å²) < 4.78 is 13.2. The zero-order chi connectivity index (χ0) is 14.4. The van der Waals surface area contributed by atoms with Crippen molar-refractivity contribution in [2.75, 3.05) is 17.2 Å². The number of anilines is 2. The number of halogens is 1. The minimum atomic E-state index is -0.220. The quantitative estimate of drug-likeness (QED) is 0.827. The molecule has 0 saturated heterocycles. The molecule has 2 N–H and O–H groups in total. The molecular weight excluding hydrogens is 253 g/mol. The molecule has 0 saturated carbocycles. The molecule has 2 rings (SSSR count). The predicted molar refractivity (Wildman–Crippen MR) is 81.5 cm³/mol. The number of rotatable bonds is 6. The van der Waals surface area contributed by atoms with E-state index in [2.05, 4.69) is 22.5 Å². The lowest BCUT2D eigenvalue weighted by Crippen LogP contribution is -2.09. The first-order valence-corrected chi connectivity index (χ1v) is 6.92. The number of nitrogens with one attached hydrogen (secondary N) is 2. The number of nitrogens with zero attached hydrogens (tertiary/aromatic N) is 1. The Bertz CT molecular complexity index is 557. The van der Waals surface area contributed by atoms with Crippen molar-refractivity contribution in [3.8, 4) is 0 Å². The first kappa shape index (κ1) is 14.3.